The Kier molecular flexibility index (Phi) is 5.15. The van der Waals surface area contributed by atoms with E-state index < -0.39 is 24.0 Å². The normalized spacial score (nSPS) is 22.9. The molecule has 2 amide bonds. The Morgan fingerprint density at radius 1 is 0.742 bits per heavy atom. The van der Waals surface area contributed by atoms with Crippen LogP contribution in [0.5, 0.6) is 0 Å². The van der Waals surface area contributed by atoms with Gasteiger partial charge in [-0.25, -0.2) is 9.96 Å². The Morgan fingerprint density at radius 3 is 2.10 bits per heavy atom. The molecule has 2 saturated heterocycles. The maximum absolute atomic E-state index is 13.5. The van der Waals surface area contributed by atoms with Gasteiger partial charge in [-0.15, -0.1) is 0 Å². The van der Waals surface area contributed by atoms with Gasteiger partial charge in [0.25, 0.3) is 5.91 Å². The number of imide groups is 1. The van der Waals surface area contributed by atoms with E-state index in [0.717, 1.165) is 4.90 Å². The molecule has 0 aliphatic carbocycles. The van der Waals surface area contributed by atoms with Gasteiger partial charge in [0.05, 0.1) is 17.4 Å². The number of carbonyl (C=O) groups excluding carboxylic acids is 2. The molecular weight excluding hydrogens is 459 g/mol. The first-order chi connectivity index (χ1) is 15.0. The van der Waals surface area contributed by atoms with Crippen LogP contribution in [0.15, 0.2) is 72.8 Å². The molecule has 3 aromatic carbocycles. The molecule has 0 N–H and O–H groups in total. The highest BCUT2D eigenvalue weighted by Crippen LogP contribution is 2.49. The van der Waals surface area contributed by atoms with Crippen LogP contribution in [0.1, 0.15) is 11.6 Å². The van der Waals surface area contributed by atoms with Gasteiger partial charge in [-0.1, -0.05) is 59.1 Å². The molecule has 8 heteroatoms. The SMILES string of the molecule is O=C1[C@H]2[C@@H](ON(c3ccccc3)[C@H]2c2ccc(Cl)cc2Cl)C(=O)N1c1ccc(Cl)cc1. The molecule has 0 aromatic heterocycles. The number of fused-ring (bicyclic) bond motifs is 1. The number of benzene rings is 3. The third kappa shape index (κ3) is 3.38. The molecule has 0 spiro atoms. The van der Waals surface area contributed by atoms with Crippen molar-refractivity contribution in [3.05, 3.63) is 93.4 Å². The summed E-state index contributed by atoms with van der Waals surface area (Å²) in [4.78, 5) is 34.0. The summed E-state index contributed by atoms with van der Waals surface area (Å²) >= 11 is 18.6. The monoisotopic (exact) mass is 472 g/mol. The second kappa shape index (κ2) is 7.84. The van der Waals surface area contributed by atoms with Gasteiger partial charge in [-0.05, 0) is 54.1 Å². The lowest BCUT2D eigenvalue weighted by molar-refractivity contribution is -0.126. The molecule has 156 valence electrons. The number of nitrogens with zero attached hydrogens (tertiary/aromatic N) is 2. The van der Waals surface area contributed by atoms with E-state index in [1.807, 2.05) is 30.3 Å². The Labute approximate surface area is 193 Å². The maximum atomic E-state index is 13.5. The third-order valence-corrected chi connectivity index (χ3v) is 6.31. The van der Waals surface area contributed by atoms with Crippen molar-refractivity contribution >= 4 is 58.0 Å². The lowest BCUT2D eigenvalue weighted by Crippen LogP contribution is -2.37. The minimum atomic E-state index is -0.972. The summed E-state index contributed by atoms with van der Waals surface area (Å²) < 4.78 is 0. The van der Waals surface area contributed by atoms with Crippen molar-refractivity contribution in [3.63, 3.8) is 0 Å². The smallest absolute Gasteiger partial charge is 0.266 e. The predicted octanol–water partition coefficient (Wildman–Crippen LogP) is 5.70. The van der Waals surface area contributed by atoms with E-state index in [1.54, 1.807) is 47.5 Å². The van der Waals surface area contributed by atoms with Crippen LogP contribution in [0.25, 0.3) is 0 Å². The van der Waals surface area contributed by atoms with Gasteiger partial charge < -0.3 is 0 Å². The van der Waals surface area contributed by atoms with Gasteiger partial charge >= 0.3 is 0 Å². The van der Waals surface area contributed by atoms with Gasteiger partial charge in [0.15, 0.2) is 6.10 Å². The molecule has 2 heterocycles. The van der Waals surface area contributed by atoms with Crippen molar-refractivity contribution in [2.24, 2.45) is 5.92 Å². The number of rotatable bonds is 3. The fraction of sp³-hybridized carbons (Fsp3) is 0.130. The molecule has 3 aromatic rings. The van der Waals surface area contributed by atoms with Crippen molar-refractivity contribution in [2.45, 2.75) is 12.1 Å². The highest BCUT2D eigenvalue weighted by molar-refractivity contribution is 6.35. The minimum Gasteiger partial charge on any atom is -0.273 e. The van der Waals surface area contributed by atoms with E-state index in [-0.39, 0.29) is 5.91 Å². The van der Waals surface area contributed by atoms with Crippen LogP contribution in [-0.4, -0.2) is 17.9 Å². The van der Waals surface area contributed by atoms with Gasteiger partial charge in [0.2, 0.25) is 5.91 Å². The van der Waals surface area contributed by atoms with E-state index in [0.29, 0.717) is 32.0 Å². The standard InChI is InChI=1S/C23H15Cl3N2O3/c24-13-6-9-15(10-7-13)27-22(29)19-20(17-11-8-14(25)12-18(17)26)28(31-21(19)23(27)30)16-4-2-1-3-5-16/h1-12,19-21H/t19-,20+,21-/m1/s1. The molecule has 0 bridgehead atoms. The molecule has 0 radical (unpaired) electrons. The van der Waals surface area contributed by atoms with Crippen LogP contribution < -0.4 is 9.96 Å². The average Bonchev–Trinajstić information content (AvgIpc) is 3.26. The number of hydroxylamine groups is 1. The first kappa shape index (κ1) is 20.3. The second-order valence-corrected chi connectivity index (χ2v) is 8.59. The summed E-state index contributed by atoms with van der Waals surface area (Å²) in [5.41, 5.74) is 1.82. The van der Waals surface area contributed by atoms with E-state index in [4.69, 9.17) is 39.6 Å². The second-order valence-electron chi connectivity index (χ2n) is 7.31. The fourth-order valence-corrected chi connectivity index (χ4v) is 4.76. The molecule has 31 heavy (non-hydrogen) atoms. The van der Waals surface area contributed by atoms with E-state index in [9.17, 15) is 9.59 Å². The zero-order valence-electron chi connectivity index (χ0n) is 15.9. The summed E-state index contributed by atoms with van der Waals surface area (Å²) in [6, 6.07) is 20.3. The summed E-state index contributed by atoms with van der Waals surface area (Å²) in [6.45, 7) is 0. The van der Waals surface area contributed by atoms with Crippen molar-refractivity contribution < 1.29 is 14.4 Å². The molecule has 0 saturated carbocycles. The maximum Gasteiger partial charge on any atom is 0.266 e. The van der Waals surface area contributed by atoms with Crippen molar-refractivity contribution in [2.75, 3.05) is 9.96 Å². The van der Waals surface area contributed by atoms with Gasteiger partial charge in [0, 0.05) is 15.1 Å². The zero-order chi connectivity index (χ0) is 21.7. The van der Waals surface area contributed by atoms with E-state index in [2.05, 4.69) is 0 Å². The minimum absolute atomic E-state index is 0.355. The molecule has 2 aliphatic heterocycles. The van der Waals surface area contributed by atoms with Gasteiger partial charge in [-0.2, -0.15) is 0 Å². The first-order valence-electron chi connectivity index (χ1n) is 9.55. The Hall–Kier alpha value is -2.57. The highest BCUT2D eigenvalue weighted by Gasteiger charge is 2.60. The van der Waals surface area contributed by atoms with E-state index in [1.165, 1.54) is 0 Å². The van der Waals surface area contributed by atoms with Gasteiger partial charge in [0.1, 0.15) is 5.92 Å². The molecule has 5 rings (SSSR count). The summed E-state index contributed by atoms with van der Waals surface area (Å²) in [5.74, 6) is -1.56. The Bertz CT molecular complexity index is 1170. The van der Waals surface area contributed by atoms with Crippen LogP contribution in [0, 0.1) is 5.92 Å². The summed E-state index contributed by atoms with van der Waals surface area (Å²) in [6.07, 6.45) is -0.972. The summed E-state index contributed by atoms with van der Waals surface area (Å²) in [5, 5.41) is 2.99. The fourth-order valence-electron chi connectivity index (χ4n) is 4.12. The number of amides is 2. The molecule has 5 nitrogen and oxygen atoms in total. The number of para-hydroxylation sites is 1. The lowest BCUT2D eigenvalue weighted by Gasteiger charge is -2.29. The van der Waals surface area contributed by atoms with Gasteiger partial charge in [-0.3, -0.25) is 14.4 Å². The van der Waals surface area contributed by atoms with Crippen molar-refractivity contribution in [1.29, 1.82) is 0 Å². The molecular formula is C23H15Cl3N2O3. The largest absolute Gasteiger partial charge is 0.273 e. The van der Waals surface area contributed by atoms with Crippen LogP contribution in [0.2, 0.25) is 15.1 Å². The van der Waals surface area contributed by atoms with Crippen molar-refractivity contribution in [3.8, 4) is 0 Å². The Balaban J connectivity index is 1.61. The summed E-state index contributed by atoms with van der Waals surface area (Å²) in [7, 11) is 0. The van der Waals surface area contributed by atoms with E-state index >= 15 is 0 Å². The first-order valence-corrected chi connectivity index (χ1v) is 10.7. The average molecular weight is 474 g/mol. The third-order valence-electron chi connectivity index (χ3n) is 5.49. The predicted molar refractivity (Wildman–Crippen MR) is 120 cm³/mol. The molecule has 0 unspecified atom stereocenters. The number of anilines is 2. The number of halogens is 3. The topological polar surface area (TPSA) is 49.9 Å². The number of hydrogen-bond acceptors (Lipinski definition) is 4. The zero-order valence-corrected chi connectivity index (χ0v) is 18.2. The van der Waals surface area contributed by atoms with Crippen LogP contribution in [-0.2, 0) is 14.4 Å². The number of carbonyl (C=O) groups is 2. The molecule has 3 atom stereocenters. The Morgan fingerprint density at radius 2 is 1.42 bits per heavy atom. The molecule has 2 fully saturated rings. The van der Waals surface area contributed by atoms with Crippen molar-refractivity contribution in [1.82, 2.24) is 0 Å². The quantitative estimate of drug-likeness (QED) is 0.458. The van der Waals surface area contributed by atoms with Crippen LogP contribution >= 0.6 is 34.8 Å². The number of hydrogen-bond donors (Lipinski definition) is 0. The highest BCUT2D eigenvalue weighted by atomic mass is 35.5. The lowest BCUT2D eigenvalue weighted by atomic mass is 9.90. The molecule has 2 aliphatic rings. The van der Waals surface area contributed by atoms with Crippen LogP contribution in [0.3, 0.4) is 0 Å². The van der Waals surface area contributed by atoms with Crippen LogP contribution in [0.4, 0.5) is 11.4 Å².